The highest BCUT2D eigenvalue weighted by Crippen LogP contribution is 2.37. The van der Waals surface area contributed by atoms with E-state index in [4.69, 9.17) is 6.57 Å². The van der Waals surface area contributed by atoms with Crippen LogP contribution in [0.25, 0.3) is 15.7 Å². The van der Waals surface area contributed by atoms with Crippen LogP contribution in [0, 0.1) is 13.5 Å². The topological polar surface area (TPSA) is 92.2 Å². The van der Waals surface area contributed by atoms with Crippen LogP contribution in [0.1, 0.15) is 23.0 Å². The molecule has 3 rings (SSSR count). The van der Waals surface area contributed by atoms with Crippen LogP contribution in [-0.4, -0.2) is 20.2 Å². The van der Waals surface area contributed by atoms with Gasteiger partial charge in [0.15, 0.2) is 10.8 Å². The lowest BCUT2D eigenvalue weighted by Crippen LogP contribution is -1.91. The highest BCUT2D eigenvalue weighted by Gasteiger charge is 2.13. The van der Waals surface area contributed by atoms with Gasteiger partial charge in [-0.3, -0.25) is 9.78 Å². The summed E-state index contributed by atoms with van der Waals surface area (Å²) in [6, 6.07) is 4.43. The first-order valence-corrected chi connectivity index (χ1v) is 7.66. The number of Topliss-reactive ketones (excluding diaryl/α,β-unsaturated/α-hetero) is 1. The Balaban J connectivity index is 2.02. The molecule has 0 radical (unpaired) electrons. The maximum atomic E-state index is 11.5. The summed E-state index contributed by atoms with van der Waals surface area (Å²) in [5, 5.41) is 19.1. The second kappa shape index (κ2) is 6.14. The number of carbonyl (C=O) groups is 1. The molecule has 0 aliphatic carbocycles. The van der Waals surface area contributed by atoms with Gasteiger partial charge in [0.05, 0.1) is 23.3 Å². The van der Waals surface area contributed by atoms with Crippen molar-refractivity contribution >= 4 is 44.6 Å². The highest BCUT2D eigenvalue weighted by atomic mass is 32.1. The highest BCUT2D eigenvalue weighted by molar-refractivity contribution is 7.11. The van der Waals surface area contributed by atoms with Gasteiger partial charge in [-0.2, -0.15) is 0 Å². The molecule has 0 spiro atoms. The third kappa shape index (κ3) is 2.73. The molecular formula is C16H11N5O2S. The van der Waals surface area contributed by atoms with Gasteiger partial charge in [-0.05, 0) is 43.6 Å². The number of hydrogen-bond acceptors (Lipinski definition) is 7. The number of carbonyl (C=O) groups excluding carboxylic acids is 1. The normalized spacial score (nSPS) is 11.0. The Hall–Kier alpha value is -3.18. The van der Waals surface area contributed by atoms with Gasteiger partial charge in [0, 0.05) is 17.3 Å². The minimum Gasteiger partial charge on any atom is -0.507 e. The number of nitrogens with zero attached hydrogens (tertiary/aromatic N) is 5. The van der Waals surface area contributed by atoms with Crippen molar-refractivity contribution in [3.63, 3.8) is 0 Å². The van der Waals surface area contributed by atoms with E-state index in [1.54, 1.807) is 19.2 Å². The summed E-state index contributed by atoms with van der Waals surface area (Å²) in [5.41, 5.74) is 2.22. The molecule has 8 heteroatoms. The Labute approximate surface area is 141 Å². The lowest BCUT2D eigenvalue weighted by molar-refractivity contribution is 0.101. The number of aromatic nitrogens is 2. The molecule has 0 amide bonds. The van der Waals surface area contributed by atoms with Crippen LogP contribution in [0.2, 0.25) is 0 Å². The van der Waals surface area contributed by atoms with Crippen molar-refractivity contribution in [3.05, 3.63) is 47.1 Å². The van der Waals surface area contributed by atoms with Crippen molar-refractivity contribution in [2.24, 2.45) is 10.2 Å². The molecule has 0 unspecified atom stereocenters. The van der Waals surface area contributed by atoms with Crippen LogP contribution in [-0.2, 0) is 0 Å². The first-order valence-electron chi connectivity index (χ1n) is 6.89. The molecule has 118 valence electrons. The number of ketones is 1. The first kappa shape index (κ1) is 15.7. The number of benzene rings is 1. The van der Waals surface area contributed by atoms with E-state index >= 15 is 0 Å². The molecule has 0 bridgehead atoms. The largest absolute Gasteiger partial charge is 0.507 e. The number of fused-ring (bicyclic) bond motifs is 1. The monoisotopic (exact) mass is 337 g/mol. The van der Waals surface area contributed by atoms with Crippen molar-refractivity contribution in [1.29, 1.82) is 0 Å². The van der Waals surface area contributed by atoms with E-state index in [0.29, 0.717) is 33.0 Å². The number of azo groups is 1. The van der Waals surface area contributed by atoms with Gasteiger partial charge in [0.2, 0.25) is 5.69 Å². The fourth-order valence-electron chi connectivity index (χ4n) is 2.15. The zero-order valence-corrected chi connectivity index (χ0v) is 13.6. The van der Waals surface area contributed by atoms with Crippen LogP contribution in [0.3, 0.4) is 0 Å². The van der Waals surface area contributed by atoms with E-state index in [9.17, 15) is 9.90 Å². The van der Waals surface area contributed by atoms with Crippen molar-refractivity contribution in [2.45, 2.75) is 13.8 Å². The fraction of sp³-hybridized carbons (Fsp3) is 0.125. The molecule has 24 heavy (non-hydrogen) atoms. The molecule has 7 nitrogen and oxygen atoms in total. The third-order valence-corrected chi connectivity index (χ3v) is 4.14. The lowest BCUT2D eigenvalue weighted by atomic mass is 10.1. The van der Waals surface area contributed by atoms with Crippen LogP contribution in [0.5, 0.6) is 5.75 Å². The second-order valence-electron chi connectivity index (χ2n) is 5.01. The summed E-state index contributed by atoms with van der Waals surface area (Å²) in [7, 11) is 0. The van der Waals surface area contributed by atoms with E-state index < -0.39 is 0 Å². The Bertz CT molecular complexity index is 1030. The molecule has 3 aromatic rings. The van der Waals surface area contributed by atoms with Crippen LogP contribution in [0.4, 0.5) is 16.4 Å². The maximum Gasteiger partial charge on any atom is 0.234 e. The van der Waals surface area contributed by atoms with Gasteiger partial charge in [-0.15, -0.1) is 10.2 Å². The zero-order valence-electron chi connectivity index (χ0n) is 12.8. The summed E-state index contributed by atoms with van der Waals surface area (Å²) < 4.78 is 4.26. The van der Waals surface area contributed by atoms with Gasteiger partial charge in [0.1, 0.15) is 5.75 Å². The maximum absolute atomic E-state index is 11.5. The van der Waals surface area contributed by atoms with E-state index in [-0.39, 0.29) is 17.1 Å². The average Bonchev–Trinajstić information content (AvgIpc) is 2.97. The van der Waals surface area contributed by atoms with Gasteiger partial charge in [0.25, 0.3) is 0 Å². The number of pyridine rings is 1. The van der Waals surface area contributed by atoms with Crippen LogP contribution >= 0.6 is 11.5 Å². The van der Waals surface area contributed by atoms with E-state index in [0.717, 1.165) is 11.5 Å². The molecule has 1 aromatic carbocycles. The predicted molar refractivity (Wildman–Crippen MR) is 90.7 cm³/mol. The average molecular weight is 337 g/mol. The summed E-state index contributed by atoms with van der Waals surface area (Å²) in [6.45, 7) is 10.4. The molecular weight excluding hydrogens is 326 g/mol. The summed E-state index contributed by atoms with van der Waals surface area (Å²) in [5.74, 6) is -0.347. The molecule has 0 saturated heterocycles. The first-order chi connectivity index (χ1) is 11.5. The van der Waals surface area contributed by atoms with Crippen molar-refractivity contribution in [2.75, 3.05) is 0 Å². The van der Waals surface area contributed by atoms with E-state index in [2.05, 4.69) is 24.4 Å². The van der Waals surface area contributed by atoms with Gasteiger partial charge in [-0.1, -0.05) is 0 Å². The zero-order chi connectivity index (χ0) is 17.3. The van der Waals surface area contributed by atoms with Crippen molar-refractivity contribution < 1.29 is 9.90 Å². The van der Waals surface area contributed by atoms with Gasteiger partial charge < -0.3 is 5.11 Å². The van der Waals surface area contributed by atoms with Gasteiger partial charge in [-0.25, -0.2) is 9.22 Å². The standard InChI is InChI=1S/C16H11N5O2S/c1-8-14(17-3)15-12(7-18-8)16(24-21-15)20-19-10-4-5-13(23)11(6-10)9(2)22/h4-7,23H,1-2H3/b20-19+. The Morgan fingerprint density at radius 1 is 1.38 bits per heavy atom. The van der Waals surface area contributed by atoms with Crippen molar-refractivity contribution in [3.8, 4) is 5.75 Å². The molecule has 0 fully saturated rings. The minimum absolute atomic E-state index is 0.0916. The number of hydrogen-bond donors (Lipinski definition) is 1. The van der Waals surface area contributed by atoms with E-state index in [1.165, 1.54) is 19.1 Å². The van der Waals surface area contributed by atoms with Crippen molar-refractivity contribution in [1.82, 2.24) is 9.36 Å². The Morgan fingerprint density at radius 3 is 2.88 bits per heavy atom. The second-order valence-corrected chi connectivity index (χ2v) is 5.76. The molecule has 0 atom stereocenters. The van der Waals surface area contributed by atoms with Gasteiger partial charge >= 0.3 is 0 Å². The van der Waals surface area contributed by atoms with Crippen LogP contribution < -0.4 is 0 Å². The third-order valence-electron chi connectivity index (χ3n) is 3.39. The number of phenolic OH excluding ortho intramolecular Hbond substituents is 1. The quantitative estimate of drug-likeness (QED) is 0.419. The number of aromatic hydroxyl groups is 1. The number of rotatable bonds is 3. The Morgan fingerprint density at radius 2 is 2.17 bits per heavy atom. The minimum atomic E-state index is -0.255. The predicted octanol–water partition coefficient (Wildman–Crippen LogP) is 4.87. The summed E-state index contributed by atoms with van der Waals surface area (Å²) in [4.78, 5) is 19.1. The summed E-state index contributed by atoms with van der Waals surface area (Å²) in [6.07, 6.45) is 1.62. The number of phenols is 1. The number of aryl methyl sites for hydroxylation is 1. The molecule has 2 aromatic heterocycles. The Kier molecular flexibility index (Phi) is 4.02. The van der Waals surface area contributed by atoms with Crippen LogP contribution in [0.15, 0.2) is 34.6 Å². The van der Waals surface area contributed by atoms with E-state index in [1.807, 2.05) is 0 Å². The molecule has 0 aliphatic rings. The molecule has 1 N–H and O–H groups in total. The molecule has 2 heterocycles. The SMILES string of the molecule is [C-]#[N+]c1c(C)ncc2c(/N=N/c3ccc(O)c(C(C)=O)c3)snc12. The summed E-state index contributed by atoms with van der Waals surface area (Å²) >= 11 is 1.12. The smallest absolute Gasteiger partial charge is 0.234 e. The molecule has 0 saturated carbocycles. The molecule has 0 aliphatic heterocycles. The fourth-order valence-corrected chi connectivity index (χ4v) is 2.83. The lowest BCUT2D eigenvalue weighted by Gasteiger charge is -2.00.